The zero-order chi connectivity index (χ0) is 10.0. The van der Waals surface area contributed by atoms with Gasteiger partial charge in [0, 0.05) is 5.02 Å². The highest BCUT2D eigenvalue weighted by molar-refractivity contribution is 6.31. The zero-order valence-electron chi connectivity index (χ0n) is 7.10. The van der Waals surface area contributed by atoms with Crippen LogP contribution in [0.2, 0.25) is 5.02 Å². The van der Waals surface area contributed by atoms with Gasteiger partial charge in [0.15, 0.2) is 5.78 Å². The summed E-state index contributed by atoms with van der Waals surface area (Å²) in [7, 11) is 0. The molecule has 0 heterocycles. The summed E-state index contributed by atoms with van der Waals surface area (Å²) in [5, 5.41) is 0.373. The van der Waals surface area contributed by atoms with E-state index >= 15 is 0 Å². The lowest BCUT2D eigenvalue weighted by Crippen LogP contribution is -2.15. The minimum atomic E-state index is -0.572. The standard InChI is InChI=1S/C9H9ClFNO/c1-5-2-8(11)6(3-7(5)10)9(13)4-12/h2-3H,4,12H2,1H3. The van der Waals surface area contributed by atoms with Gasteiger partial charge in [0.05, 0.1) is 12.1 Å². The van der Waals surface area contributed by atoms with Crippen molar-refractivity contribution in [3.63, 3.8) is 0 Å². The largest absolute Gasteiger partial charge is 0.324 e. The average molecular weight is 202 g/mol. The molecule has 1 rings (SSSR count). The highest BCUT2D eigenvalue weighted by Crippen LogP contribution is 2.20. The fourth-order valence-electron chi connectivity index (χ4n) is 0.970. The molecule has 13 heavy (non-hydrogen) atoms. The fraction of sp³-hybridized carbons (Fsp3) is 0.222. The maximum absolute atomic E-state index is 13.1. The van der Waals surface area contributed by atoms with Crippen molar-refractivity contribution in [2.75, 3.05) is 6.54 Å². The minimum Gasteiger partial charge on any atom is -0.324 e. The quantitative estimate of drug-likeness (QED) is 0.743. The molecule has 0 unspecified atom stereocenters. The Kier molecular flexibility index (Phi) is 3.01. The molecule has 0 aromatic heterocycles. The molecule has 0 radical (unpaired) electrons. The summed E-state index contributed by atoms with van der Waals surface area (Å²) in [6.07, 6.45) is 0. The fourth-order valence-corrected chi connectivity index (χ4v) is 1.13. The number of Topliss-reactive ketones (excluding diaryl/α,β-unsaturated/α-hetero) is 1. The number of aryl methyl sites for hydroxylation is 1. The van der Waals surface area contributed by atoms with Crippen molar-refractivity contribution >= 4 is 17.4 Å². The van der Waals surface area contributed by atoms with Crippen LogP contribution in [0.1, 0.15) is 15.9 Å². The van der Waals surface area contributed by atoms with Crippen LogP contribution < -0.4 is 5.73 Å². The molecule has 0 aliphatic heterocycles. The Balaban J connectivity index is 3.23. The monoisotopic (exact) mass is 201 g/mol. The zero-order valence-corrected chi connectivity index (χ0v) is 7.86. The number of nitrogens with two attached hydrogens (primary N) is 1. The van der Waals surface area contributed by atoms with Gasteiger partial charge in [-0.25, -0.2) is 4.39 Å². The van der Waals surface area contributed by atoms with Gasteiger partial charge in [-0.05, 0) is 24.6 Å². The number of ketones is 1. The summed E-state index contributed by atoms with van der Waals surface area (Å²) in [6.45, 7) is 1.46. The topological polar surface area (TPSA) is 43.1 Å². The van der Waals surface area contributed by atoms with Crippen LogP contribution in [0.4, 0.5) is 4.39 Å². The summed E-state index contributed by atoms with van der Waals surface area (Å²) in [6, 6.07) is 2.53. The van der Waals surface area contributed by atoms with E-state index in [0.29, 0.717) is 10.6 Å². The number of benzene rings is 1. The Bertz CT molecular complexity index is 352. The Morgan fingerprint density at radius 1 is 1.62 bits per heavy atom. The lowest BCUT2D eigenvalue weighted by Gasteiger charge is -2.03. The summed E-state index contributed by atoms with van der Waals surface area (Å²) < 4.78 is 13.1. The average Bonchev–Trinajstić information content (AvgIpc) is 2.10. The van der Waals surface area contributed by atoms with Crippen LogP contribution in [0.5, 0.6) is 0 Å². The predicted octanol–water partition coefficient (Wildman–Crippen LogP) is 1.93. The first-order chi connectivity index (χ1) is 6.06. The van der Waals surface area contributed by atoms with Crippen molar-refractivity contribution in [1.82, 2.24) is 0 Å². The summed E-state index contributed by atoms with van der Waals surface area (Å²) in [4.78, 5) is 11.1. The SMILES string of the molecule is Cc1cc(F)c(C(=O)CN)cc1Cl. The molecule has 4 heteroatoms. The van der Waals surface area contributed by atoms with E-state index in [1.165, 1.54) is 12.1 Å². The van der Waals surface area contributed by atoms with Crippen LogP contribution in [0, 0.1) is 12.7 Å². The smallest absolute Gasteiger partial charge is 0.179 e. The van der Waals surface area contributed by atoms with Gasteiger partial charge in [0.25, 0.3) is 0 Å². The van der Waals surface area contributed by atoms with Crippen LogP contribution in [-0.2, 0) is 0 Å². The molecule has 0 saturated heterocycles. The van der Waals surface area contributed by atoms with E-state index in [9.17, 15) is 9.18 Å². The van der Waals surface area contributed by atoms with Gasteiger partial charge in [-0.3, -0.25) is 4.79 Å². The van der Waals surface area contributed by atoms with Gasteiger partial charge in [0.2, 0.25) is 0 Å². The van der Waals surface area contributed by atoms with Crippen molar-refractivity contribution in [3.05, 3.63) is 34.1 Å². The Hall–Kier alpha value is -0.930. The molecular formula is C9H9ClFNO. The van der Waals surface area contributed by atoms with Gasteiger partial charge >= 0.3 is 0 Å². The second-order valence-electron chi connectivity index (χ2n) is 2.71. The number of halogens is 2. The van der Waals surface area contributed by atoms with E-state index in [0.717, 1.165) is 0 Å². The number of carbonyl (C=O) groups excluding carboxylic acids is 1. The van der Waals surface area contributed by atoms with Crippen molar-refractivity contribution in [3.8, 4) is 0 Å². The van der Waals surface area contributed by atoms with E-state index in [2.05, 4.69) is 0 Å². The van der Waals surface area contributed by atoms with Crippen LogP contribution in [0.25, 0.3) is 0 Å². The molecule has 2 N–H and O–H groups in total. The Morgan fingerprint density at radius 3 is 2.77 bits per heavy atom. The molecule has 1 aromatic carbocycles. The van der Waals surface area contributed by atoms with Crippen LogP contribution in [0.3, 0.4) is 0 Å². The maximum Gasteiger partial charge on any atom is 0.179 e. The van der Waals surface area contributed by atoms with Gasteiger partial charge in [-0.15, -0.1) is 0 Å². The second-order valence-corrected chi connectivity index (χ2v) is 3.12. The molecule has 0 bridgehead atoms. The van der Waals surface area contributed by atoms with Crippen LogP contribution in [0.15, 0.2) is 12.1 Å². The molecule has 0 fully saturated rings. The summed E-state index contributed by atoms with van der Waals surface area (Å²) >= 11 is 5.73. The van der Waals surface area contributed by atoms with E-state index < -0.39 is 11.6 Å². The van der Waals surface area contributed by atoms with E-state index in [-0.39, 0.29) is 12.1 Å². The molecule has 70 valence electrons. The predicted molar refractivity (Wildman–Crippen MR) is 49.5 cm³/mol. The number of rotatable bonds is 2. The number of carbonyl (C=O) groups is 1. The van der Waals surface area contributed by atoms with Crippen molar-refractivity contribution < 1.29 is 9.18 Å². The van der Waals surface area contributed by atoms with Gasteiger partial charge in [0.1, 0.15) is 5.82 Å². The highest BCUT2D eigenvalue weighted by atomic mass is 35.5. The van der Waals surface area contributed by atoms with Crippen molar-refractivity contribution in [2.24, 2.45) is 5.73 Å². The highest BCUT2D eigenvalue weighted by Gasteiger charge is 2.11. The molecule has 0 aliphatic rings. The molecule has 2 nitrogen and oxygen atoms in total. The first-order valence-corrected chi connectivity index (χ1v) is 4.13. The number of hydrogen-bond donors (Lipinski definition) is 1. The summed E-state index contributed by atoms with van der Waals surface area (Å²) in [5.74, 6) is -1.02. The molecule has 1 aromatic rings. The molecule has 0 atom stereocenters. The first kappa shape index (κ1) is 10.2. The van der Waals surface area contributed by atoms with Gasteiger partial charge in [-0.1, -0.05) is 11.6 Å². The normalized spacial score (nSPS) is 10.2. The minimum absolute atomic E-state index is 0.0434. The van der Waals surface area contributed by atoms with E-state index in [1.54, 1.807) is 6.92 Å². The third-order valence-corrected chi connectivity index (χ3v) is 2.14. The second kappa shape index (κ2) is 3.85. The van der Waals surface area contributed by atoms with E-state index in [1.807, 2.05) is 0 Å². The van der Waals surface area contributed by atoms with Gasteiger partial charge < -0.3 is 5.73 Å². The maximum atomic E-state index is 13.1. The number of hydrogen-bond acceptors (Lipinski definition) is 2. The summed E-state index contributed by atoms with van der Waals surface area (Å²) in [5.41, 5.74) is 5.66. The molecular weight excluding hydrogens is 193 g/mol. The first-order valence-electron chi connectivity index (χ1n) is 3.75. The molecule has 0 spiro atoms. The molecule has 0 saturated carbocycles. The lowest BCUT2D eigenvalue weighted by molar-refractivity contribution is 0.0997. The van der Waals surface area contributed by atoms with Crippen molar-refractivity contribution in [1.29, 1.82) is 0 Å². The molecule has 0 amide bonds. The van der Waals surface area contributed by atoms with Gasteiger partial charge in [-0.2, -0.15) is 0 Å². The Labute approximate surface area is 80.5 Å². The lowest BCUT2D eigenvalue weighted by atomic mass is 10.1. The van der Waals surface area contributed by atoms with Crippen LogP contribution >= 0.6 is 11.6 Å². The molecule has 0 aliphatic carbocycles. The van der Waals surface area contributed by atoms with E-state index in [4.69, 9.17) is 17.3 Å². The third-order valence-electron chi connectivity index (χ3n) is 1.73. The Morgan fingerprint density at radius 2 is 2.23 bits per heavy atom. The third kappa shape index (κ3) is 2.05. The van der Waals surface area contributed by atoms with Crippen molar-refractivity contribution in [2.45, 2.75) is 6.92 Å². The van der Waals surface area contributed by atoms with Crippen LogP contribution in [-0.4, -0.2) is 12.3 Å².